The van der Waals surface area contributed by atoms with Crippen molar-refractivity contribution >= 4 is 34.0 Å². The minimum absolute atomic E-state index is 0.258. The number of fused-ring (bicyclic) bond motifs is 6. The summed E-state index contributed by atoms with van der Waals surface area (Å²) in [5.74, 6) is -1.79. The molecule has 3 heterocycles. The largest absolute Gasteiger partial charge is 0.377 e. The first-order valence-electron chi connectivity index (χ1n) is 13.0. The van der Waals surface area contributed by atoms with Crippen LogP contribution >= 0.6 is 0 Å². The zero-order chi connectivity index (χ0) is 26.3. The van der Waals surface area contributed by atoms with Gasteiger partial charge < -0.3 is 9.47 Å². The number of nitriles is 1. The van der Waals surface area contributed by atoms with Gasteiger partial charge in [0.2, 0.25) is 11.8 Å². The number of carbonyl (C=O) groups is 2. The summed E-state index contributed by atoms with van der Waals surface area (Å²) in [5, 5.41) is 10.7. The fraction of sp³-hybridized carbons (Fsp3) is 0.355. The highest BCUT2D eigenvalue weighted by atomic mass is 16.5. The van der Waals surface area contributed by atoms with Gasteiger partial charge in [0, 0.05) is 19.4 Å². The lowest BCUT2D eigenvalue weighted by Gasteiger charge is -2.31. The molecule has 3 aromatic rings. The predicted octanol–water partition coefficient (Wildman–Crippen LogP) is 5.71. The van der Waals surface area contributed by atoms with Crippen molar-refractivity contribution in [1.82, 2.24) is 0 Å². The monoisotopic (exact) mass is 505 g/mol. The van der Waals surface area contributed by atoms with Crippen molar-refractivity contribution in [3.05, 3.63) is 83.7 Å². The summed E-state index contributed by atoms with van der Waals surface area (Å²) < 4.78 is 12.7. The minimum Gasteiger partial charge on any atom is -0.377 e. The van der Waals surface area contributed by atoms with Crippen LogP contribution in [0.4, 0.5) is 11.4 Å². The molecule has 0 radical (unpaired) electrons. The molecule has 7 heteroatoms. The van der Waals surface area contributed by atoms with Crippen LogP contribution in [0.1, 0.15) is 37.7 Å². The van der Waals surface area contributed by atoms with Crippen molar-refractivity contribution in [2.45, 2.75) is 49.9 Å². The molecule has 3 aliphatic heterocycles. The Labute approximate surface area is 221 Å². The number of nitrogens with zero attached hydrogens (tertiary/aromatic N) is 3. The van der Waals surface area contributed by atoms with E-state index in [9.17, 15) is 14.9 Å². The van der Waals surface area contributed by atoms with Crippen LogP contribution in [0.15, 0.2) is 66.7 Å². The maximum Gasteiger partial charge on any atom is 0.240 e. The number of anilines is 1. The van der Waals surface area contributed by atoms with Crippen molar-refractivity contribution < 1.29 is 19.1 Å². The van der Waals surface area contributed by atoms with Crippen molar-refractivity contribution in [2.75, 3.05) is 11.5 Å². The molecule has 6 rings (SSSR count). The Kier molecular flexibility index (Phi) is 5.99. The van der Waals surface area contributed by atoms with Crippen molar-refractivity contribution in [3.8, 4) is 6.07 Å². The number of amides is 2. The van der Waals surface area contributed by atoms with E-state index in [1.165, 1.54) is 4.90 Å². The second-order valence-electron chi connectivity index (χ2n) is 10.4. The van der Waals surface area contributed by atoms with Gasteiger partial charge in [-0.1, -0.05) is 60.7 Å². The van der Waals surface area contributed by atoms with E-state index < -0.39 is 23.0 Å². The minimum atomic E-state index is -0.826. The highest BCUT2D eigenvalue weighted by Gasteiger charge is 2.75. The molecule has 3 saturated heterocycles. The van der Waals surface area contributed by atoms with Crippen LogP contribution in [0.25, 0.3) is 15.6 Å². The van der Waals surface area contributed by atoms with E-state index >= 15 is 0 Å². The van der Waals surface area contributed by atoms with Gasteiger partial charge in [0.05, 0.1) is 48.0 Å². The summed E-state index contributed by atoms with van der Waals surface area (Å²) in [4.78, 5) is 33.1. The van der Waals surface area contributed by atoms with E-state index in [-0.39, 0.29) is 18.2 Å². The Hall–Kier alpha value is -4.04. The second-order valence-corrected chi connectivity index (χ2v) is 10.4. The van der Waals surface area contributed by atoms with Gasteiger partial charge in [-0.05, 0) is 41.7 Å². The normalized spacial score (nSPS) is 27.5. The van der Waals surface area contributed by atoms with Gasteiger partial charge in [-0.15, -0.1) is 0 Å². The molecule has 7 nitrogen and oxygen atoms in total. The maximum atomic E-state index is 14.1. The summed E-state index contributed by atoms with van der Waals surface area (Å²) in [7, 11) is 0. The first-order chi connectivity index (χ1) is 18.5. The molecule has 2 amide bonds. The number of rotatable bonds is 8. The number of imide groups is 1. The molecule has 0 N–H and O–H groups in total. The number of benzene rings is 3. The number of hydrogen-bond acceptors (Lipinski definition) is 5. The molecule has 3 aromatic carbocycles. The van der Waals surface area contributed by atoms with Gasteiger partial charge in [-0.2, -0.15) is 5.26 Å². The van der Waals surface area contributed by atoms with Gasteiger partial charge in [0.25, 0.3) is 0 Å². The fourth-order valence-electron chi connectivity index (χ4n) is 6.83. The van der Waals surface area contributed by atoms with Gasteiger partial charge in [-0.3, -0.25) is 9.59 Å². The molecule has 0 aliphatic carbocycles. The van der Waals surface area contributed by atoms with Crippen molar-refractivity contribution in [3.63, 3.8) is 0 Å². The van der Waals surface area contributed by atoms with Gasteiger partial charge in [0.15, 0.2) is 5.69 Å². The Morgan fingerprint density at radius 2 is 1.61 bits per heavy atom. The predicted molar refractivity (Wildman–Crippen MR) is 141 cm³/mol. The van der Waals surface area contributed by atoms with Gasteiger partial charge in [-0.25, -0.2) is 9.74 Å². The Balaban J connectivity index is 1.33. The van der Waals surface area contributed by atoms with E-state index in [1.54, 1.807) is 12.1 Å². The summed E-state index contributed by atoms with van der Waals surface area (Å²) in [6.07, 6.45) is 2.46. The molecule has 0 aromatic heterocycles. The van der Waals surface area contributed by atoms with Crippen LogP contribution < -0.4 is 4.90 Å². The van der Waals surface area contributed by atoms with E-state index in [4.69, 9.17) is 16.0 Å². The molecule has 0 saturated carbocycles. The summed E-state index contributed by atoms with van der Waals surface area (Å²) in [5.41, 5.74) is 0.420. The fourth-order valence-corrected chi connectivity index (χ4v) is 6.83. The summed E-state index contributed by atoms with van der Waals surface area (Å²) in [6.45, 7) is 8.38. The highest BCUT2D eigenvalue weighted by Crippen LogP contribution is 2.64. The number of ether oxygens (including phenoxy) is 2. The first-order valence-corrected chi connectivity index (χ1v) is 13.0. The molecular formula is C31H27N3O4. The van der Waals surface area contributed by atoms with Crippen LogP contribution in [0.5, 0.6) is 0 Å². The lowest BCUT2D eigenvalue weighted by molar-refractivity contribution is -0.133. The van der Waals surface area contributed by atoms with E-state index in [0.717, 1.165) is 5.56 Å². The maximum absolute atomic E-state index is 14.1. The Morgan fingerprint density at radius 1 is 0.947 bits per heavy atom. The molecule has 4 atom stereocenters. The van der Waals surface area contributed by atoms with Crippen molar-refractivity contribution in [2.24, 2.45) is 11.8 Å². The summed E-state index contributed by atoms with van der Waals surface area (Å²) in [6, 6.07) is 22.8. The third-order valence-corrected chi connectivity index (χ3v) is 8.50. The smallest absolute Gasteiger partial charge is 0.240 e. The SMILES string of the molecule is [C-]#[N+]c1ccc(N2C(=O)[C@@H]3[C@H](C2=O)C2(CCC#N)CCC3(CCOCc3ccccc3)O2)c2ccccc12. The topological polar surface area (TPSA) is 84.0 Å². The Morgan fingerprint density at radius 3 is 2.29 bits per heavy atom. The molecule has 190 valence electrons. The quantitative estimate of drug-likeness (QED) is 0.223. The van der Waals surface area contributed by atoms with E-state index in [2.05, 4.69) is 10.9 Å². The molecular weight excluding hydrogens is 478 g/mol. The Bertz CT molecular complexity index is 1510. The molecule has 0 spiro atoms. The van der Waals surface area contributed by atoms with Crippen LogP contribution in [0, 0.1) is 29.7 Å². The molecule has 3 aliphatic rings. The van der Waals surface area contributed by atoms with Crippen LogP contribution in [0.3, 0.4) is 0 Å². The third-order valence-electron chi connectivity index (χ3n) is 8.50. The lowest BCUT2D eigenvalue weighted by Crippen LogP contribution is -2.43. The first kappa shape index (κ1) is 24.3. The summed E-state index contributed by atoms with van der Waals surface area (Å²) >= 11 is 0. The van der Waals surface area contributed by atoms with Crippen molar-refractivity contribution in [1.29, 1.82) is 5.26 Å². The van der Waals surface area contributed by atoms with Crippen LogP contribution in [0.2, 0.25) is 0 Å². The molecule has 3 fully saturated rings. The molecule has 2 unspecified atom stereocenters. The second kappa shape index (κ2) is 9.36. The zero-order valence-electron chi connectivity index (χ0n) is 20.9. The van der Waals surface area contributed by atoms with Crippen LogP contribution in [-0.2, 0) is 25.7 Å². The average Bonchev–Trinajstić information content (AvgIpc) is 3.56. The standard InChI is InChI=1S/C31H27N3O4/c1-33-24-12-13-25(23-11-6-5-10-22(23)24)34-28(35)26-27(29(34)36)31(16-15-30(26,38-31)14-7-18-32)17-19-37-20-21-8-3-2-4-9-21/h2-6,8-13,26-27H,7,14-17,19-20H2/t26-,27+,30?,31?/m1/s1. The van der Waals surface area contributed by atoms with Gasteiger partial charge in [0.1, 0.15) is 0 Å². The van der Waals surface area contributed by atoms with E-state index in [0.29, 0.717) is 61.0 Å². The molecule has 2 bridgehead atoms. The number of hydrogen-bond donors (Lipinski definition) is 0. The zero-order valence-corrected chi connectivity index (χ0v) is 20.9. The van der Waals surface area contributed by atoms with E-state index in [1.807, 2.05) is 54.6 Å². The molecule has 38 heavy (non-hydrogen) atoms. The third kappa shape index (κ3) is 3.62. The highest BCUT2D eigenvalue weighted by molar-refractivity contribution is 6.26. The van der Waals surface area contributed by atoms with Crippen LogP contribution in [-0.4, -0.2) is 29.6 Å². The average molecular weight is 506 g/mol. The van der Waals surface area contributed by atoms with Gasteiger partial charge >= 0.3 is 0 Å². The lowest BCUT2D eigenvalue weighted by atomic mass is 9.65. The number of carbonyl (C=O) groups excluding carboxylic acids is 2.